The molecular formula is C15H20N4O. The lowest BCUT2D eigenvalue weighted by Gasteiger charge is -2.23. The van der Waals surface area contributed by atoms with Crippen molar-refractivity contribution in [3.63, 3.8) is 0 Å². The van der Waals surface area contributed by atoms with Crippen LogP contribution in [0.15, 0.2) is 42.6 Å². The first-order valence-electron chi connectivity index (χ1n) is 6.80. The van der Waals surface area contributed by atoms with E-state index in [1.54, 1.807) is 6.20 Å². The first kappa shape index (κ1) is 14.3. The highest BCUT2D eigenvalue weighted by Crippen LogP contribution is 2.15. The fourth-order valence-electron chi connectivity index (χ4n) is 1.97. The number of nitrogens with zero attached hydrogens (tertiary/aromatic N) is 3. The SMILES string of the molecule is CCNc1nccc(N(CCO)Cc2ccccc2)n1. The van der Waals surface area contributed by atoms with Crippen molar-refractivity contribution in [2.45, 2.75) is 13.5 Å². The van der Waals surface area contributed by atoms with Crippen LogP contribution < -0.4 is 10.2 Å². The largest absolute Gasteiger partial charge is 0.395 e. The second-order valence-electron chi connectivity index (χ2n) is 4.40. The van der Waals surface area contributed by atoms with E-state index in [1.807, 2.05) is 36.1 Å². The van der Waals surface area contributed by atoms with Gasteiger partial charge in [0.25, 0.3) is 0 Å². The van der Waals surface area contributed by atoms with Gasteiger partial charge in [0.05, 0.1) is 6.61 Å². The molecule has 0 fully saturated rings. The Bertz CT molecular complexity index is 518. The minimum atomic E-state index is 0.0907. The zero-order valence-electron chi connectivity index (χ0n) is 11.7. The Morgan fingerprint density at radius 3 is 2.70 bits per heavy atom. The van der Waals surface area contributed by atoms with Crippen molar-refractivity contribution in [3.8, 4) is 0 Å². The van der Waals surface area contributed by atoms with E-state index < -0.39 is 0 Å². The molecule has 1 heterocycles. The summed E-state index contributed by atoms with van der Waals surface area (Å²) in [7, 11) is 0. The lowest BCUT2D eigenvalue weighted by atomic mass is 10.2. The van der Waals surface area contributed by atoms with E-state index in [0.717, 1.165) is 12.4 Å². The summed E-state index contributed by atoms with van der Waals surface area (Å²) in [6, 6.07) is 12.0. The van der Waals surface area contributed by atoms with Crippen LogP contribution in [0, 0.1) is 0 Å². The zero-order chi connectivity index (χ0) is 14.2. The van der Waals surface area contributed by atoms with E-state index in [4.69, 9.17) is 0 Å². The molecule has 0 aliphatic heterocycles. The molecule has 0 amide bonds. The van der Waals surface area contributed by atoms with Gasteiger partial charge in [0, 0.05) is 25.8 Å². The number of hydrogen-bond donors (Lipinski definition) is 2. The molecule has 2 rings (SSSR count). The summed E-state index contributed by atoms with van der Waals surface area (Å²) in [5, 5.41) is 12.3. The molecule has 0 saturated heterocycles. The van der Waals surface area contributed by atoms with E-state index in [1.165, 1.54) is 5.56 Å². The summed E-state index contributed by atoms with van der Waals surface area (Å²) in [6.07, 6.45) is 1.73. The van der Waals surface area contributed by atoms with Crippen LogP contribution in [0.5, 0.6) is 0 Å². The number of anilines is 2. The average Bonchev–Trinajstić information content (AvgIpc) is 2.49. The van der Waals surface area contributed by atoms with Crippen LogP contribution in [0.3, 0.4) is 0 Å². The van der Waals surface area contributed by atoms with E-state index in [9.17, 15) is 5.11 Å². The normalized spacial score (nSPS) is 10.3. The Labute approximate surface area is 119 Å². The number of hydrogen-bond acceptors (Lipinski definition) is 5. The van der Waals surface area contributed by atoms with Gasteiger partial charge in [-0.2, -0.15) is 4.98 Å². The van der Waals surface area contributed by atoms with Crippen molar-refractivity contribution >= 4 is 11.8 Å². The third-order valence-electron chi connectivity index (χ3n) is 2.89. The molecule has 20 heavy (non-hydrogen) atoms. The first-order valence-corrected chi connectivity index (χ1v) is 6.80. The van der Waals surface area contributed by atoms with Crippen LogP contribution in [-0.2, 0) is 6.54 Å². The van der Waals surface area contributed by atoms with E-state index in [-0.39, 0.29) is 6.61 Å². The van der Waals surface area contributed by atoms with Gasteiger partial charge in [-0.1, -0.05) is 30.3 Å². The van der Waals surface area contributed by atoms with Crippen molar-refractivity contribution in [2.24, 2.45) is 0 Å². The second kappa shape index (κ2) is 7.45. The molecule has 0 aliphatic rings. The zero-order valence-corrected chi connectivity index (χ0v) is 11.7. The maximum atomic E-state index is 9.25. The number of nitrogens with one attached hydrogen (secondary N) is 1. The maximum Gasteiger partial charge on any atom is 0.224 e. The lowest BCUT2D eigenvalue weighted by Crippen LogP contribution is -2.27. The Morgan fingerprint density at radius 1 is 1.20 bits per heavy atom. The first-order chi connectivity index (χ1) is 9.83. The molecule has 0 saturated carbocycles. The smallest absolute Gasteiger partial charge is 0.224 e. The third-order valence-corrected chi connectivity index (χ3v) is 2.89. The van der Waals surface area contributed by atoms with Gasteiger partial charge in [0.2, 0.25) is 5.95 Å². The maximum absolute atomic E-state index is 9.25. The topological polar surface area (TPSA) is 61.3 Å². The van der Waals surface area contributed by atoms with E-state index in [0.29, 0.717) is 19.0 Å². The molecule has 0 atom stereocenters. The van der Waals surface area contributed by atoms with Crippen molar-refractivity contribution in [3.05, 3.63) is 48.2 Å². The molecule has 1 aromatic carbocycles. The van der Waals surface area contributed by atoms with Gasteiger partial charge in [-0.05, 0) is 18.6 Å². The number of rotatable bonds is 7. The molecule has 0 aliphatic carbocycles. The Morgan fingerprint density at radius 2 is 2.00 bits per heavy atom. The van der Waals surface area contributed by atoms with Crippen LogP contribution in [-0.4, -0.2) is 34.8 Å². The van der Waals surface area contributed by atoms with Crippen LogP contribution in [0.1, 0.15) is 12.5 Å². The summed E-state index contributed by atoms with van der Waals surface area (Å²) in [5.41, 5.74) is 1.18. The molecule has 1 aromatic heterocycles. The van der Waals surface area contributed by atoms with Gasteiger partial charge in [0.15, 0.2) is 0 Å². The molecule has 0 bridgehead atoms. The van der Waals surface area contributed by atoms with Crippen LogP contribution in [0.2, 0.25) is 0 Å². The lowest BCUT2D eigenvalue weighted by molar-refractivity contribution is 0.301. The summed E-state index contributed by atoms with van der Waals surface area (Å²) >= 11 is 0. The summed E-state index contributed by atoms with van der Waals surface area (Å²) in [4.78, 5) is 10.7. The molecule has 0 spiro atoms. The molecule has 5 nitrogen and oxygen atoms in total. The highest BCUT2D eigenvalue weighted by Gasteiger charge is 2.09. The minimum Gasteiger partial charge on any atom is -0.395 e. The molecule has 106 valence electrons. The van der Waals surface area contributed by atoms with Gasteiger partial charge < -0.3 is 15.3 Å². The van der Waals surface area contributed by atoms with Crippen LogP contribution in [0.4, 0.5) is 11.8 Å². The van der Waals surface area contributed by atoms with Gasteiger partial charge in [-0.25, -0.2) is 4.98 Å². The molecule has 0 radical (unpaired) electrons. The molecule has 2 N–H and O–H groups in total. The number of aliphatic hydroxyl groups excluding tert-OH is 1. The quantitative estimate of drug-likeness (QED) is 0.806. The van der Waals surface area contributed by atoms with Gasteiger partial charge in [0.1, 0.15) is 5.82 Å². The van der Waals surface area contributed by atoms with Crippen LogP contribution >= 0.6 is 0 Å². The predicted octanol–water partition coefficient (Wildman–Crippen LogP) is 1.91. The van der Waals surface area contributed by atoms with Crippen LogP contribution in [0.25, 0.3) is 0 Å². The Kier molecular flexibility index (Phi) is 5.32. The van der Waals surface area contributed by atoms with E-state index >= 15 is 0 Å². The molecule has 5 heteroatoms. The standard InChI is InChI=1S/C15H20N4O/c1-2-16-15-17-9-8-14(18-15)19(10-11-20)12-13-6-4-3-5-7-13/h3-9,20H,2,10-12H2,1H3,(H,16,17,18). The number of aliphatic hydroxyl groups is 1. The summed E-state index contributed by atoms with van der Waals surface area (Å²) in [5.74, 6) is 1.43. The minimum absolute atomic E-state index is 0.0907. The average molecular weight is 272 g/mol. The van der Waals surface area contributed by atoms with Crippen molar-refractivity contribution in [1.29, 1.82) is 0 Å². The fraction of sp³-hybridized carbons (Fsp3) is 0.333. The van der Waals surface area contributed by atoms with Gasteiger partial charge in [-0.3, -0.25) is 0 Å². The predicted molar refractivity (Wildman–Crippen MR) is 80.8 cm³/mol. The van der Waals surface area contributed by atoms with Crippen molar-refractivity contribution < 1.29 is 5.11 Å². The van der Waals surface area contributed by atoms with Gasteiger partial charge >= 0.3 is 0 Å². The summed E-state index contributed by atoms with van der Waals surface area (Å²) < 4.78 is 0. The van der Waals surface area contributed by atoms with E-state index in [2.05, 4.69) is 27.4 Å². The van der Waals surface area contributed by atoms with Gasteiger partial charge in [-0.15, -0.1) is 0 Å². The van der Waals surface area contributed by atoms with Crippen molar-refractivity contribution in [2.75, 3.05) is 29.9 Å². The molecular weight excluding hydrogens is 252 g/mol. The number of aromatic nitrogens is 2. The fourth-order valence-corrected chi connectivity index (χ4v) is 1.97. The van der Waals surface area contributed by atoms with Crippen molar-refractivity contribution in [1.82, 2.24) is 9.97 Å². The third kappa shape index (κ3) is 3.93. The Hall–Kier alpha value is -2.14. The second-order valence-corrected chi connectivity index (χ2v) is 4.40. The summed E-state index contributed by atoms with van der Waals surface area (Å²) in [6.45, 7) is 4.13. The Balaban J connectivity index is 2.17. The molecule has 2 aromatic rings. The highest BCUT2D eigenvalue weighted by atomic mass is 16.3. The monoisotopic (exact) mass is 272 g/mol. The number of benzene rings is 1. The highest BCUT2D eigenvalue weighted by molar-refractivity contribution is 5.43. The molecule has 0 unspecified atom stereocenters.